The van der Waals surface area contributed by atoms with Gasteiger partial charge in [0.25, 0.3) is 5.56 Å². The van der Waals surface area contributed by atoms with E-state index in [4.69, 9.17) is 16.0 Å². The van der Waals surface area contributed by atoms with Crippen molar-refractivity contribution in [3.05, 3.63) is 93.6 Å². The van der Waals surface area contributed by atoms with E-state index in [9.17, 15) is 14.0 Å². The zero-order chi connectivity index (χ0) is 23.5. The van der Waals surface area contributed by atoms with Crippen LogP contribution >= 0.6 is 11.6 Å². The number of furan rings is 1. The first-order valence-electron chi connectivity index (χ1n) is 10.4. The topological polar surface area (TPSA) is 80.4 Å². The van der Waals surface area contributed by atoms with Crippen molar-refractivity contribution in [3.63, 3.8) is 0 Å². The maximum atomic E-state index is 14.2. The molecule has 2 amide bonds. The summed E-state index contributed by atoms with van der Waals surface area (Å²) in [6.07, 6.45) is 1.51. The summed E-state index contributed by atoms with van der Waals surface area (Å²) in [5.41, 5.74) is 0.255. The van der Waals surface area contributed by atoms with Crippen LogP contribution in [0.15, 0.2) is 70.1 Å². The summed E-state index contributed by atoms with van der Waals surface area (Å²) in [5.74, 6) is 0.354. The molecule has 0 saturated carbocycles. The number of anilines is 1. The Hall–Kier alpha value is -3.65. The maximum absolute atomic E-state index is 14.2. The SMILES string of the molecule is CCn1c(C(C)N(Cc2ccco2)C(=O)Nc2ccccc2F)nc2cc(Cl)ccc2c1=O. The molecule has 0 aliphatic heterocycles. The first-order chi connectivity index (χ1) is 15.9. The molecule has 33 heavy (non-hydrogen) atoms. The molecule has 0 spiro atoms. The highest BCUT2D eigenvalue weighted by Crippen LogP contribution is 2.25. The third-order valence-corrected chi connectivity index (χ3v) is 5.62. The van der Waals surface area contributed by atoms with Crippen LogP contribution in [-0.2, 0) is 13.1 Å². The molecule has 4 rings (SSSR count). The van der Waals surface area contributed by atoms with Gasteiger partial charge in [0.2, 0.25) is 0 Å². The van der Waals surface area contributed by atoms with E-state index >= 15 is 0 Å². The van der Waals surface area contributed by atoms with E-state index in [1.165, 1.54) is 33.9 Å². The van der Waals surface area contributed by atoms with Crippen molar-refractivity contribution in [2.45, 2.75) is 33.0 Å². The lowest BCUT2D eigenvalue weighted by Crippen LogP contribution is -2.39. The molecule has 0 saturated heterocycles. The average Bonchev–Trinajstić information content (AvgIpc) is 3.31. The van der Waals surface area contributed by atoms with Gasteiger partial charge < -0.3 is 14.6 Å². The molecule has 2 aromatic carbocycles. The molecule has 0 aliphatic carbocycles. The van der Waals surface area contributed by atoms with Crippen molar-refractivity contribution in [2.75, 3.05) is 5.32 Å². The van der Waals surface area contributed by atoms with Crippen molar-refractivity contribution in [1.29, 1.82) is 0 Å². The lowest BCUT2D eigenvalue weighted by atomic mass is 10.2. The molecule has 0 bridgehead atoms. The molecular formula is C24H22ClFN4O3. The molecule has 7 nitrogen and oxygen atoms in total. The largest absolute Gasteiger partial charge is 0.467 e. The molecule has 0 fully saturated rings. The summed E-state index contributed by atoms with van der Waals surface area (Å²) in [4.78, 5) is 32.5. The molecule has 0 aliphatic rings. The molecule has 2 heterocycles. The standard InChI is InChI=1S/C24H22ClFN4O3/c1-3-29-22(27-21-13-16(25)10-11-18(21)23(29)31)15(2)30(14-17-7-6-12-33-17)24(32)28-20-9-5-4-8-19(20)26/h4-13,15H,3,14H2,1-2H3,(H,28,32). The third-order valence-electron chi connectivity index (χ3n) is 5.39. The molecule has 170 valence electrons. The van der Waals surface area contributed by atoms with Crippen LogP contribution in [0.3, 0.4) is 0 Å². The molecule has 1 N–H and O–H groups in total. The van der Waals surface area contributed by atoms with Crippen LogP contribution in [0, 0.1) is 5.82 Å². The van der Waals surface area contributed by atoms with E-state index in [1.807, 2.05) is 6.92 Å². The van der Waals surface area contributed by atoms with Crippen LogP contribution in [-0.4, -0.2) is 20.5 Å². The van der Waals surface area contributed by atoms with Crippen LogP contribution in [0.1, 0.15) is 31.5 Å². The fourth-order valence-corrected chi connectivity index (χ4v) is 3.85. The van der Waals surface area contributed by atoms with Gasteiger partial charge in [0, 0.05) is 11.6 Å². The number of carbonyl (C=O) groups excluding carboxylic acids is 1. The van der Waals surface area contributed by atoms with Gasteiger partial charge in [0.1, 0.15) is 17.4 Å². The second-order valence-corrected chi connectivity index (χ2v) is 7.91. The Balaban J connectivity index is 1.78. The number of para-hydroxylation sites is 1. The normalized spacial score (nSPS) is 12.0. The Morgan fingerprint density at radius 3 is 2.73 bits per heavy atom. The monoisotopic (exact) mass is 468 g/mol. The summed E-state index contributed by atoms with van der Waals surface area (Å²) >= 11 is 6.12. The van der Waals surface area contributed by atoms with Crippen molar-refractivity contribution in [3.8, 4) is 0 Å². The predicted octanol–water partition coefficient (Wildman–Crippen LogP) is 5.60. The van der Waals surface area contributed by atoms with Gasteiger partial charge in [0.15, 0.2) is 0 Å². The summed E-state index contributed by atoms with van der Waals surface area (Å²) in [6.45, 7) is 4.03. The van der Waals surface area contributed by atoms with Gasteiger partial charge in [0.05, 0.1) is 35.4 Å². The average molecular weight is 469 g/mol. The van der Waals surface area contributed by atoms with Crippen LogP contribution in [0.4, 0.5) is 14.9 Å². The number of fused-ring (bicyclic) bond motifs is 1. The van der Waals surface area contributed by atoms with Crippen molar-refractivity contribution in [2.24, 2.45) is 0 Å². The minimum absolute atomic E-state index is 0.0466. The van der Waals surface area contributed by atoms with Gasteiger partial charge in [-0.05, 0) is 56.3 Å². The highest BCUT2D eigenvalue weighted by atomic mass is 35.5. The summed E-state index contributed by atoms with van der Waals surface area (Å²) < 4.78 is 21.1. The van der Waals surface area contributed by atoms with Crippen LogP contribution in [0.2, 0.25) is 5.02 Å². The van der Waals surface area contributed by atoms with Crippen LogP contribution in [0.5, 0.6) is 0 Å². The molecule has 1 unspecified atom stereocenters. The zero-order valence-corrected chi connectivity index (χ0v) is 18.8. The zero-order valence-electron chi connectivity index (χ0n) is 18.1. The first-order valence-corrected chi connectivity index (χ1v) is 10.8. The van der Waals surface area contributed by atoms with Gasteiger partial charge in [-0.2, -0.15) is 0 Å². The van der Waals surface area contributed by atoms with Gasteiger partial charge in [-0.3, -0.25) is 9.36 Å². The number of hydrogen-bond acceptors (Lipinski definition) is 4. The van der Waals surface area contributed by atoms with Crippen molar-refractivity contribution >= 4 is 34.2 Å². The number of amides is 2. The van der Waals surface area contributed by atoms with Gasteiger partial charge in [-0.15, -0.1) is 0 Å². The number of nitrogens with one attached hydrogen (secondary N) is 1. The van der Waals surface area contributed by atoms with Gasteiger partial charge in [-0.25, -0.2) is 14.2 Å². The molecule has 1 atom stereocenters. The Labute approximate surface area is 194 Å². The number of urea groups is 1. The van der Waals surface area contributed by atoms with E-state index in [0.717, 1.165) is 0 Å². The number of nitrogens with zero attached hydrogens (tertiary/aromatic N) is 3. The second kappa shape index (κ2) is 9.46. The van der Waals surface area contributed by atoms with E-state index < -0.39 is 17.9 Å². The quantitative estimate of drug-likeness (QED) is 0.399. The number of aromatic nitrogens is 2. The van der Waals surface area contributed by atoms with Crippen molar-refractivity contribution < 1.29 is 13.6 Å². The number of halogens is 2. The van der Waals surface area contributed by atoms with Crippen molar-refractivity contribution in [1.82, 2.24) is 14.5 Å². The number of benzene rings is 2. The lowest BCUT2D eigenvalue weighted by Gasteiger charge is -2.30. The van der Waals surface area contributed by atoms with Gasteiger partial charge in [-0.1, -0.05) is 23.7 Å². The third kappa shape index (κ3) is 4.61. The maximum Gasteiger partial charge on any atom is 0.322 e. The highest BCUT2D eigenvalue weighted by molar-refractivity contribution is 6.31. The Bertz CT molecular complexity index is 1350. The first kappa shape index (κ1) is 22.5. The fourth-order valence-electron chi connectivity index (χ4n) is 3.68. The Morgan fingerprint density at radius 1 is 1.24 bits per heavy atom. The van der Waals surface area contributed by atoms with E-state index in [-0.39, 0.29) is 17.8 Å². The second-order valence-electron chi connectivity index (χ2n) is 7.47. The highest BCUT2D eigenvalue weighted by Gasteiger charge is 2.27. The smallest absolute Gasteiger partial charge is 0.322 e. The van der Waals surface area contributed by atoms with Gasteiger partial charge >= 0.3 is 6.03 Å². The minimum Gasteiger partial charge on any atom is -0.467 e. The predicted molar refractivity (Wildman–Crippen MR) is 125 cm³/mol. The summed E-state index contributed by atoms with van der Waals surface area (Å²) in [7, 11) is 0. The Morgan fingerprint density at radius 2 is 2.03 bits per heavy atom. The number of carbonyl (C=O) groups is 1. The summed E-state index contributed by atoms with van der Waals surface area (Å²) in [5, 5.41) is 3.49. The molecular weight excluding hydrogens is 447 g/mol. The molecule has 2 aromatic heterocycles. The molecule has 4 aromatic rings. The van der Waals surface area contributed by atoms with E-state index in [0.29, 0.717) is 34.1 Å². The van der Waals surface area contributed by atoms with E-state index in [1.54, 1.807) is 43.3 Å². The molecule has 9 heteroatoms. The minimum atomic E-state index is -0.655. The lowest BCUT2D eigenvalue weighted by molar-refractivity contribution is 0.177. The Kier molecular flexibility index (Phi) is 6.46. The van der Waals surface area contributed by atoms with Crippen LogP contribution < -0.4 is 10.9 Å². The van der Waals surface area contributed by atoms with E-state index in [2.05, 4.69) is 10.3 Å². The molecule has 0 radical (unpaired) electrons. The number of rotatable bonds is 6. The van der Waals surface area contributed by atoms with Crippen LogP contribution in [0.25, 0.3) is 10.9 Å². The summed E-state index contributed by atoms with van der Waals surface area (Å²) in [6, 6.07) is 13.0. The number of hydrogen-bond donors (Lipinski definition) is 1. The fraction of sp³-hybridized carbons (Fsp3) is 0.208.